The van der Waals surface area contributed by atoms with E-state index in [1.165, 1.54) is 18.8 Å². The lowest BCUT2D eigenvalue weighted by molar-refractivity contribution is -0.128. The monoisotopic (exact) mass is 288 g/mol. The number of urea groups is 1. The zero-order valence-electron chi connectivity index (χ0n) is 10.0. The number of carbonyl (C=O) groups excluding carboxylic acids is 2. The van der Waals surface area contributed by atoms with E-state index in [9.17, 15) is 14.7 Å². The predicted octanol–water partition coefficient (Wildman–Crippen LogP) is 0.755. The van der Waals surface area contributed by atoms with Crippen LogP contribution < -0.4 is 4.90 Å². The molecule has 1 aromatic rings. The number of thioether (sulfide) groups is 1. The molecule has 1 unspecified atom stereocenters. The molecule has 0 radical (unpaired) electrons. The molecule has 1 N–H and O–H groups in total. The molecule has 1 aliphatic rings. The summed E-state index contributed by atoms with van der Waals surface area (Å²) in [6.45, 7) is 4.02. The zero-order valence-corrected chi connectivity index (χ0v) is 11.7. The lowest BCUT2D eigenvalue weighted by atomic mass is 10.5. The number of nitrogens with zero attached hydrogens (tertiary/aromatic N) is 4. The summed E-state index contributed by atoms with van der Waals surface area (Å²) in [4.78, 5) is 25.3. The molecule has 18 heavy (non-hydrogen) atoms. The van der Waals surface area contributed by atoms with Gasteiger partial charge in [-0.25, -0.2) is 9.69 Å². The molecule has 9 heteroatoms. The first-order chi connectivity index (χ1) is 8.41. The van der Waals surface area contributed by atoms with Crippen LogP contribution >= 0.6 is 23.1 Å². The lowest BCUT2D eigenvalue weighted by Gasteiger charge is -2.09. The average Bonchev–Trinajstić information content (AvgIpc) is 2.80. The summed E-state index contributed by atoms with van der Waals surface area (Å²) in [6, 6.07) is -0.593. The molecule has 0 saturated carbocycles. The number of carbonyl (C=O) groups is 2. The Hall–Kier alpha value is -1.19. The maximum absolute atomic E-state index is 11.8. The molecule has 1 aromatic heterocycles. The van der Waals surface area contributed by atoms with Crippen molar-refractivity contribution in [2.75, 3.05) is 11.9 Å². The van der Waals surface area contributed by atoms with Crippen LogP contribution in [0.3, 0.4) is 0 Å². The lowest BCUT2D eigenvalue weighted by Crippen LogP contribution is -2.31. The molecule has 1 saturated heterocycles. The second-order valence-electron chi connectivity index (χ2n) is 3.96. The van der Waals surface area contributed by atoms with Crippen molar-refractivity contribution in [2.24, 2.45) is 0 Å². The molecule has 98 valence electrons. The molecular weight excluding hydrogens is 276 g/mol. The first kappa shape index (κ1) is 13.2. The van der Waals surface area contributed by atoms with Crippen molar-refractivity contribution in [3.05, 3.63) is 0 Å². The van der Waals surface area contributed by atoms with Gasteiger partial charge >= 0.3 is 6.03 Å². The smallest absolute Gasteiger partial charge is 0.335 e. The minimum absolute atomic E-state index is 0.191. The molecule has 0 bridgehead atoms. The van der Waals surface area contributed by atoms with Gasteiger partial charge in [0.2, 0.25) is 11.4 Å². The molecule has 2 heterocycles. The van der Waals surface area contributed by atoms with Crippen LogP contribution in [0.15, 0.2) is 4.34 Å². The van der Waals surface area contributed by atoms with Crippen LogP contribution in [-0.2, 0) is 4.79 Å². The molecule has 3 amide bonds. The molecule has 2 rings (SSSR count). The minimum Gasteiger partial charge on any atom is -0.365 e. The summed E-state index contributed by atoms with van der Waals surface area (Å²) >= 11 is 2.66. The van der Waals surface area contributed by atoms with Crippen molar-refractivity contribution in [3.8, 4) is 0 Å². The minimum atomic E-state index is -1.44. The van der Waals surface area contributed by atoms with Gasteiger partial charge in [0.25, 0.3) is 5.91 Å². The van der Waals surface area contributed by atoms with Gasteiger partial charge in [-0.2, -0.15) is 0 Å². The fraction of sp³-hybridized carbons (Fsp3) is 0.556. The van der Waals surface area contributed by atoms with E-state index in [1.807, 2.05) is 13.8 Å². The summed E-state index contributed by atoms with van der Waals surface area (Å²) in [5.41, 5.74) is 0. The number of anilines is 1. The Morgan fingerprint density at radius 1 is 1.39 bits per heavy atom. The van der Waals surface area contributed by atoms with E-state index < -0.39 is 18.2 Å². The number of amides is 3. The van der Waals surface area contributed by atoms with Crippen LogP contribution in [0.2, 0.25) is 0 Å². The van der Waals surface area contributed by atoms with Crippen LogP contribution in [-0.4, -0.2) is 50.7 Å². The van der Waals surface area contributed by atoms with Gasteiger partial charge in [0.05, 0.1) is 0 Å². The Morgan fingerprint density at radius 2 is 2.06 bits per heavy atom. The molecular formula is C9H12N4O3S2. The number of aliphatic hydroxyl groups excluding tert-OH is 1. The molecule has 1 atom stereocenters. The van der Waals surface area contributed by atoms with Crippen molar-refractivity contribution in [2.45, 2.75) is 29.7 Å². The van der Waals surface area contributed by atoms with Gasteiger partial charge in [-0.1, -0.05) is 36.9 Å². The second-order valence-corrected chi connectivity index (χ2v) is 6.74. The van der Waals surface area contributed by atoms with Crippen LogP contribution in [0, 0.1) is 0 Å². The van der Waals surface area contributed by atoms with Gasteiger partial charge in [-0.15, -0.1) is 10.2 Å². The number of aromatic nitrogens is 2. The fourth-order valence-corrected chi connectivity index (χ4v) is 3.42. The standard InChI is InChI=1S/C9H12N4O3S2/c1-4(2)17-8-11-10-7(18-8)13-6(15)5(14)12(3)9(13)16/h4-5,14H,1-3H3. The number of aliphatic hydroxyl groups is 1. The fourth-order valence-electron chi connectivity index (χ4n) is 1.36. The second kappa shape index (κ2) is 4.82. The summed E-state index contributed by atoms with van der Waals surface area (Å²) < 4.78 is 0.685. The van der Waals surface area contributed by atoms with Crippen molar-refractivity contribution in [3.63, 3.8) is 0 Å². The molecule has 0 spiro atoms. The third-order valence-corrected chi connectivity index (χ3v) is 4.22. The van der Waals surface area contributed by atoms with Crippen LogP contribution in [0.4, 0.5) is 9.93 Å². The van der Waals surface area contributed by atoms with E-state index in [1.54, 1.807) is 0 Å². The Labute approximate surface area is 112 Å². The highest BCUT2D eigenvalue weighted by Crippen LogP contribution is 2.32. The number of likely N-dealkylation sites (N-methyl/N-ethyl adjacent to an activating group) is 1. The number of hydrogen-bond donors (Lipinski definition) is 1. The topological polar surface area (TPSA) is 86.6 Å². The highest BCUT2D eigenvalue weighted by Gasteiger charge is 2.44. The Balaban J connectivity index is 2.24. The summed E-state index contributed by atoms with van der Waals surface area (Å²) in [5, 5.41) is 17.7. The van der Waals surface area contributed by atoms with Gasteiger partial charge in [0.15, 0.2) is 4.34 Å². The highest BCUT2D eigenvalue weighted by atomic mass is 32.2. The zero-order chi connectivity index (χ0) is 13.4. The normalized spacial score (nSPS) is 20.4. The van der Waals surface area contributed by atoms with E-state index >= 15 is 0 Å². The third-order valence-electron chi connectivity index (χ3n) is 2.22. The van der Waals surface area contributed by atoms with Crippen molar-refractivity contribution in [1.82, 2.24) is 15.1 Å². The van der Waals surface area contributed by atoms with Crippen molar-refractivity contribution in [1.29, 1.82) is 0 Å². The summed E-state index contributed by atoms with van der Waals surface area (Å²) in [7, 11) is 1.36. The van der Waals surface area contributed by atoms with Gasteiger partial charge in [-0.05, 0) is 0 Å². The van der Waals surface area contributed by atoms with E-state index in [0.29, 0.717) is 9.59 Å². The highest BCUT2D eigenvalue weighted by molar-refractivity contribution is 8.01. The molecule has 0 aromatic carbocycles. The van der Waals surface area contributed by atoms with E-state index in [-0.39, 0.29) is 5.13 Å². The number of hydrogen-bond acceptors (Lipinski definition) is 7. The molecule has 0 aliphatic carbocycles. The van der Waals surface area contributed by atoms with E-state index in [2.05, 4.69) is 10.2 Å². The molecule has 7 nitrogen and oxygen atoms in total. The Bertz CT molecular complexity index is 470. The van der Waals surface area contributed by atoms with Gasteiger partial charge in [0.1, 0.15) is 0 Å². The maximum atomic E-state index is 11.8. The summed E-state index contributed by atoms with van der Waals surface area (Å²) in [5.74, 6) is -0.695. The van der Waals surface area contributed by atoms with Crippen molar-refractivity contribution >= 4 is 40.2 Å². The first-order valence-electron chi connectivity index (χ1n) is 5.20. The number of imide groups is 1. The maximum Gasteiger partial charge on any atom is 0.335 e. The van der Waals surface area contributed by atoms with Gasteiger partial charge < -0.3 is 5.11 Å². The van der Waals surface area contributed by atoms with Crippen LogP contribution in [0.25, 0.3) is 0 Å². The van der Waals surface area contributed by atoms with E-state index in [0.717, 1.165) is 21.1 Å². The van der Waals surface area contributed by atoms with Crippen LogP contribution in [0.1, 0.15) is 13.8 Å². The largest absolute Gasteiger partial charge is 0.365 e. The molecule has 1 fully saturated rings. The Kier molecular flexibility index (Phi) is 3.55. The molecule has 1 aliphatic heterocycles. The number of rotatable bonds is 3. The van der Waals surface area contributed by atoms with Gasteiger partial charge in [-0.3, -0.25) is 9.69 Å². The van der Waals surface area contributed by atoms with E-state index in [4.69, 9.17) is 0 Å². The predicted molar refractivity (Wildman–Crippen MR) is 67.6 cm³/mol. The average molecular weight is 288 g/mol. The van der Waals surface area contributed by atoms with Gasteiger partial charge in [0, 0.05) is 12.3 Å². The Morgan fingerprint density at radius 3 is 2.56 bits per heavy atom. The third kappa shape index (κ3) is 2.20. The SMILES string of the molecule is CC(C)Sc1nnc(N2C(=O)C(O)N(C)C2=O)s1. The summed E-state index contributed by atoms with van der Waals surface area (Å²) in [6.07, 6.45) is -1.44. The van der Waals surface area contributed by atoms with Crippen LogP contribution in [0.5, 0.6) is 0 Å². The quantitative estimate of drug-likeness (QED) is 0.502. The first-order valence-corrected chi connectivity index (χ1v) is 6.90. The van der Waals surface area contributed by atoms with Crippen molar-refractivity contribution < 1.29 is 14.7 Å².